The summed E-state index contributed by atoms with van der Waals surface area (Å²) in [4.78, 5) is 24.1. The van der Waals surface area contributed by atoms with Crippen molar-refractivity contribution in [3.05, 3.63) is 32.8 Å². The lowest BCUT2D eigenvalue weighted by Gasteiger charge is -2.34. The van der Waals surface area contributed by atoms with Crippen molar-refractivity contribution in [3.63, 3.8) is 0 Å². The van der Waals surface area contributed by atoms with Crippen LogP contribution in [0.15, 0.2) is 22.7 Å². The van der Waals surface area contributed by atoms with E-state index < -0.39 is 4.92 Å². The molecule has 7 heteroatoms. The first kappa shape index (κ1) is 14.8. The average Bonchev–Trinajstić information content (AvgIpc) is 2.46. The summed E-state index contributed by atoms with van der Waals surface area (Å²) in [5.74, 6) is 0.0172. The molecule has 0 unspecified atom stereocenters. The number of hydrogen-bond donors (Lipinski definition) is 1. The SMILES string of the molecule is CNC(=O)[C@H]1CCCN(c2ccc([N+](=O)[O-])cc2Br)C1. The Morgan fingerprint density at radius 1 is 1.55 bits per heavy atom. The van der Waals surface area contributed by atoms with Gasteiger partial charge in [-0.3, -0.25) is 14.9 Å². The Balaban J connectivity index is 2.19. The molecule has 0 aliphatic carbocycles. The summed E-state index contributed by atoms with van der Waals surface area (Å²) in [5.41, 5.74) is 0.949. The first-order valence-corrected chi connectivity index (χ1v) is 7.22. The molecular weight excluding hydrogens is 326 g/mol. The van der Waals surface area contributed by atoms with Crippen LogP contribution < -0.4 is 10.2 Å². The Morgan fingerprint density at radius 3 is 2.90 bits per heavy atom. The van der Waals surface area contributed by atoms with Gasteiger partial charge in [0.2, 0.25) is 5.91 Å². The third kappa shape index (κ3) is 3.09. The van der Waals surface area contributed by atoms with E-state index in [4.69, 9.17) is 0 Å². The van der Waals surface area contributed by atoms with Crippen molar-refractivity contribution in [3.8, 4) is 0 Å². The fraction of sp³-hybridized carbons (Fsp3) is 0.462. The monoisotopic (exact) mass is 341 g/mol. The van der Waals surface area contributed by atoms with Crippen LogP contribution in [0.25, 0.3) is 0 Å². The summed E-state index contributed by atoms with van der Waals surface area (Å²) in [6.45, 7) is 1.49. The molecule has 1 heterocycles. The number of hydrogen-bond acceptors (Lipinski definition) is 4. The Hall–Kier alpha value is -1.63. The lowest BCUT2D eigenvalue weighted by atomic mass is 9.96. The number of anilines is 1. The van der Waals surface area contributed by atoms with E-state index >= 15 is 0 Å². The zero-order valence-corrected chi connectivity index (χ0v) is 12.7. The van der Waals surface area contributed by atoms with Crippen molar-refractivity contribution in [1.82, 2.24) is 5.32 Å². The number of benzene rings is 1. The van der Waals surface area contributed by atoms with Crippen LogP contribution in [0, 0.1) is 16.0 Å². The van der Waals surface area contributed by atoms with E-state index in [9.17, 15) is 14.9 Å². The summed E-state index contributed by atoms with van der Waals surface area (Å²) < 4.78 is 0.684. The summed E-state index contributed by atoms with van der Waals surface area (Å²) >= 11 is 3.38. The van der Waals surface area contributed by atoms with E-state index in [1.54, 1.807) is 13.1 Å². The molecule has 20 heavy (non-hydrogen) atoms. The number of rotatable bonds is 3. The molecule has 1 aromatic rings. The highest BCUT2D eigenvalue weighted by Crippen LogP contribution is 2.32. The number of nitrogens with one attached hydrogen (secondary N) is 1. The number of amides is 1. The maximum absolute atomic E-state index is 11.7. The lowest BCUT2D eigenvalue weighted by molar-refractivity contribution is -0.384. The van der Waals surface area contributed by atoms with Gasteiger partial charge in [-0.1, -0.05) is 0 Å². The zero-order chi connectivity index (χ0) is 14.7. The molecule has 0 aromatic heterocycles. The molecule has 1 aliphatic rings. The van der Waals surface area contributed by atoms with Gasteiger partial charge in [0.25, 0.3) is 5.69 Å². The maximum atomic E-state index is 11.7. The number of non-ortho nitro benzene ring substituents is 1. The van der Waals surface area contributed by atoms with Gasteiger partial charge in [-0.25, -0.2) is 0 Å². The summed E-state index contributed by atoms with van der Waals surface area (Å²) in [7, 11) is 1.64. The van der Waals surface area contributed by atoms with Crippen LogP contribution in [0.2, 0.25) is 0 Å². The van der Waals surface area contributed by atoms with Gasteiger partial charge in [0, 0.05) is 36.7 Å². The third-order valence-electron chi connectivity index (χ3n) is 3.52. The Morgan fingerprint density at radius 2 is 2.30 bits per heavy atom. The number of carbonyl (C=O) groups is 1. The van der Waals surface area contributed by atoms with Gasteiger partial charge in [-0.15, -0.1) is 0 Å². The van der Waals surface area contributed by atoms with Gasteiger partial charge in [-0.05, 0) is 34.8 Å². The predicted molar refractivity (Wildman–Crippen MR) is 79.8 cm³/mol. The molecule has 0 bridgehead atoms. The topological polar surface area (TPSA) is 75.5 Å². The number of halogens is 1. The fourth-order valence-electron chi connectivity index (χ4n) is 2.48. The zero-order valence-electron chi connectivity index (χ0n) is 11.1. The van der Waals surface area contributed by atoms with Crippen molar-refractivity contribution in [2.24, 2.45) is 5.92 Å². The number of carbonyl (C=O) groups excluding carboxylic acids is 1. The van der Waals surface area contributed by atoms with E-state index in [-0.39, 0.29) is 17.5 Å². The van der Waals surface area contributed by atoms with Crippen molar-refractivity contribution in [2.75, 3.05) is 25.0 Å². The largest absolute Gasteiger partial charge is 0.370 e. The molecule has 1 amide bonds. The van der Waals surface area contributed by atoms with Crippen molar-refractivity contribution in [2.45, 2.75) is 12.8 Å². The van der Waals surface area contributed by atoms with E-state index in [1.165, 1.54) is 12.1 Å². The Labute approximate surface area is 125 Å². The third-order valence-corrected chi connectivity index (χ3v) is 4.16. The molecule has 0 spiro atoms. The molecule has 108 valence electrons. The fourth-order valence-corrected chi connectivity index (χ4v) is 3.10. The first-order valence-electron chi connectivity index (χ1n) is 6.43. The van der Waals surface area contributed by atoms with E-state index in [1.807, 2.05) is 0 Å². The highest BCUT2D eigenvalue weighted by molar-refractivity contribution is 9.10. The van der Waals surface area contributed by atoms with Crippen molar-refractivity contribution >= 4 is 33.2 Å². The van der Waals surface area contributed by atoms with E-state index in [0.717, 1.165) is 25.1 Å². The summed E-state index contributed by atoms with van der Waals surface area (Å²) in [5, 5.41) is 13.4. The first-order chi connectivity index (χ1) is 9.52. The number of nitrogens with zero attached hydrogens (tertiary/aromatic N) is 2. The minimum absolute atomic E-state index is 0.0316. The molecule has 1 aliphatic heterocycles. The molecule has 0 radical (unpaired) electrons. The average molecular weight is 342 g/mol. The highest BCUT2D eigenvalue weighted by atomic mass is 79.9. The van der Waals surface area contributed by atoms with Crippen LogP contribution >= 0.6 is 15.9 Å². The van der Waals surface area contributed by atoms with Crippen LogP contribution in [0.3, 0.4) is 0 Å². The number of nitro benzene ring substituents is 1. The maximum Gasteiger partial charge on any atom is 0.270 e. The van der Waals surface area contributed by atoms with Crippen LogP contribution in [-0.2, 0) is 4.79 Å². The van der Waals surface area contributed by atoms with Crippen molar-refractivity contribution in [1.29, 1.82) is 0 Å². The Bertz CT molecular complexity index is 536. The summed E-state index contributed by atoms with van der Waals surface area (Å²) in [6, 6.07) is 4.72. The molecule has 0 saturated carbocycles. The molecule has 1 fully saturated rings. The van der Waals surface area contributed by atoms with Gasteiger partial charge in [0.15, 0.2) is 0 Å². The van der Waals surface area contributed by atoms with Crippen LogP contribution in [0.5, 0.6) is 0 Å². The van der Waals surface area contributed by atoms with Crippen LogP contribution in [-0.4, -0.2) is 31.0 Å². The minimum Gasteiger partial charge on any atom is -0.370 e. The Kier molecular flexibility index (Phi) is 4.59. The highest BCUT2D eigenvalue weighted by Gasteiger charge is 2.26. The normalized spacial score (nSPS) is 18.7. The van der Waals surface area contributed by atoms with Gasteiger partial charge in [0.1, 0.15) is 0 Å². The van der Waals surface area contributed by atoms with Crippen LogP contribution in [0.1, 0.15) is 12.8 Å². The van der Waals surface area contributed by atoms with Gasteiger partial charge in [0.05, 0.1) is 16.5 Å². The molecule has 6 nitrogen and oxygen atoms in total. The predicted octanol–water partition coefficient (Wildman–Crippen LogP) is 2.32. The molecule has 1 atom stereocenters. The second kappa shape index (κ2) is 6.21. The lowest BCUT2D eigenvalue weighted by Crippen LogP contribution is -2.42. The molecule has 1 N–H and O–H groups in total. The van der Waals surface area contributed by atoms with Crippen molar-refractivity contribution < 1.29 is 9.72 Å². The minimum atomic E-state index is -0.419. The van der Waals surface area contributed by atoms with Gasteiger partial charge in [-0.2, -0.15) is 0 Å². The molecular formula is C13H16BrN3O3. The van der Waals surface area contributed by atoms with Crippen LogP contribution in [0.4, 0.5) is 11.4 Å². The number of nitro groups is 1. The summed E-state index contributed by atoms with van der Waals surface area (Å²) in [6.07, 6.45) is 1.81. The molecule has 2 rings (SSSR count). The quantitative estimate of drug-likeness (QED) is 0.676. The molecule has 1 aromatic carbocycles. The van der Waals surface area contributed by atoms with Gasteiger partial charge >= 0.3 is 0 Å². The van der Waals surface area contributed by atoms with E-state index in [0.29, 0.717) is 11.0 Å². The van der Waals surface area contributed by atoms with E-state index in [2.05, 4.69) is 26.1 Å². The molecule has 1 saturated heterocycles. The number of piperidine rings is 1. The smallest absolute Gasteiger partial charge is 0.270 e. The second-order valence-corrected chi connectivity index (χ2v) is 5.65. The second-order valence-electron chi connectivity index (χ2n) is 4.79. The standard InChI is InChI=1S/C13H16BrN3O3/c1-15-13(18)9-3-2-6-16(8-9)12-5-4-10(17(19)20)7-11(12)14/h4-5,7,9H,2-3,6,8H2,1H3,(H,15,18)/t9-/m0/s1. The van der Waals surface area contributed by atoms with Gasteiger partial charge < -0.3 is 10.2 Å².